The van der Waals surface area contributed by atoms with Crippen LogP contribution in [0.1, 0.15) is 17.9 Å². The van der Waals surface area contributed by atoms with Gasteiger partial charge in [-0.3, -0.25) is 0 Å². The number of benzene rings is 9. The first-order chi connectivity index (χ1) is 34.7. The van der Waals surface area contributed by atoms with Crippen LogP contribution >= 0.6 is 0 Å². The van der Waals surface area contributed by atoms with Crippen LogP contribution in [-0.2, 0) is 0 Å². The maximum absolute atomic E-state index is 2.55. The number of rotatable bonds is 11. The van der Waals surface area contributed by atoms with Crippen LogP contribution in [0.15, 0.2) is 291 Å². The van der Waals surface area contributed by atoms with Crippen molar-refractivity contribution in [3.63, 3.8) is 0 Å². The minimum Gasteiger partial charge on any atom is -0.334 e. The third-order valence-corrected chi connectivity index (χ3v) is 14.2. The van der Waals surface area contributed by atoms with Gasteiger partial charge in [0.05, 0.1) is 11.7 Å². The van der Waals surface area contributed by atoms with Crippen LogP contribution in [0.2, 0.25) is 0 Å². The number of para-hydroxylation sites is 1. The Morgan fingerprint density at radius 3 is 1.77 bits per heavy atom. The monoisotopic (exact) mass is 896 g/mol. The summed E-state index contributed by atoms with van der Waals surface area (Å²) in [6.45, 7) is 0. The van der Waals surface area contributed by atoms with Crippen molar-refractivity contribution in [2.45, 2.75) is 18.4 Å². The summed E-state index contributed by atoms with van der Waals surface area (Å²) in [5.74, 6) is 0.467. The topological polar surface area (TPSA) is 6.48 Å². The molecule has 3 unspecified atom stereocenters. The van der Waals surface area contributed by atoms with Crippen molar-refractivity contribution in [3.05, 3.63) is 296 Å². The zero-order valence-corrected chi connectivity index (χ0v) is 39.0. The zero-order valence-electron chi connectivity index (χ0n) is 39.0. The van der Waals surface area contributed by atoms with E-state index in [0.29, 0.717) is 0 Å². The molecule has 0 saturated carbocycles. The lowest BCUT2D eigenvalue weighted by Gasteiger charge is -2.39. The Labute approximate surface area is 412 Å². The third kappa shape index (κ3) is 8.35. The van der Waals surface area contributed by atoms with Crippen LogP contribution in [0, 0.1) is 5.92 Å². The Morgan fingerprint density at radius 1 is 0.386 bits per heavy atom. The van der Waals surface area contributed by atoms with Gasteiger partial charge >= 0.3 is 0 Å². The van der Waals surface area contributed by atoms with Gasteiger partial charge in [0.15, 0.2) is 0 Å². The SMILES string of the molecule is C1=CCC(c2cc(N(c3ccc(-c4ccccc4)cc3)C3C=CC=C4C=CC=CC43)ccc2-c2ccc(-c3ccc(N(c4ccccc4)c4cccc5ccccc45)cc3-c3ccccc3)cc2)C=C1. The molecule has 0 bridgehead atoms. The first-order valence-corrected chi connectivity index (χ1v) is 24.5. The highest BCUT2D eigenvalue weighted by Crippen LogP contribution is 2.45. The highest BCUT2D eigenvalue weighted by atomic mass is 15.2. The number of anilines is 5. The second-order valence-corrected chi connectivity index (χ2v) is 18.4. The lowest BCUT2D eigenvalue weighted by Crippen LogP contribution is -2.37. The van der Waals surface area contributed by atoms with E-state index in [1.165, 1.54) is 77.8 Å². The minimum atomic E-state index is 0.0977. The van der Waals surface area contributed by atoms with Gasteiger partial charge < -0.3 is 9.80 Å². The highest BCUT2D eigenvalue weighted by Gasteiger charge is 2.31. The molecule has 3 aliphatic carbocycles. The first-order valence-electron chi connectivity index (χ1n) is 24.5. The molecule has 0 saturated heterocycles. The van der Waals surface area contributed by atoms with Crippen molar-refractivity contribution in [2.75, 3.05) is 9.80 Å². The summed E-state index contributed by atoms with van der Waals surface area (Å²) in [5, 5.41) is 2.43. The number of nitrogens with zero attached hydrogens (tertiary/aromatic N) is 2. The van der Waals surface area contributed by atoms with Crippen LogP contribution in [0.25, 0.3) is 55.3 Å². The van der Waals surface area contributed by atoms with Gasteiger partial charge in [-0.05, 0) is 122 Å². The molecule has 70 heavy (non-hydrogen) atoms. The average Bonchev–Trinajstić information content (AvgIpc) is 3.44. The van der Waals surface area contributed by atoms with E-state index in [1.807, 2.05) is 0 Å². The predicted molar refractivity (Wildman–Crippen MR) is 297 cm³/mol. The van der Waals surface area contributed by atoms with E-state index in [0.717, 1.165) is 23.5 Å². The third-order valence-electron chi connectivity index (χ3n) is 14.2. The standard InChI is InChI=1S/C68H52N2/c1-5-19-49(20-6-1)50-39-41-58(42-40-50)70(68-34-18-28-52-26-14-16-32-64(52)68)60-44-46-62(66(48-60)54-23-9-3-10-24-54)56-37-35-55(36-38-56)61-45-43-59(47-65(61)53-21-7-2-8-22-53)69(57-29-11-4-12-30-57)67-33-17-27-51-25-13-15-31-63(51)67/h1-23,25-48,54,64,68H,24H2. The molecule has 2 nitrogen and oxygen atoms in total. The Morgan fingerprint density at radius 2 is 1.00 bits per heavy atom. The molecule has 0 aromatic heterocycles. The van der Waals surface area contributed by atoms with Crippen LogP contribution in [-0.4, -0.2) is 6.04 Å². The van der Waals surface area contributed by atoms with E-state index >= 15 is 0 Å². The fourth-order valence-electron chi connectivity index (χ4n) is 10.7. The van der Waals surface area contributed by atoms with Gasteiger partial charge in [-0.1, -0.05) is 231 Å². The van der Waals surface area contributed by atoms with Crippen molar-refractivity contribution in [2.24, 2.45) is 5.92 Å². The number of hydrogen-bond donors (Lipinski definition) is 0. The maximum Gasteiger partial charge on any atom is 0.0628 e. The molecule has 0 amide bonds. The molecule has 0 heterocycles. The normalized spacial score (nSPS) is 16.7. The molecule has 0 spiro atoms. The maximum atomic E-state index is 2.55. The van der Waals surface area contributed by atoms with Crippen LogP contribution in [0.3, 0.4) is 0 Å². The summed E-state index contributed by atoms with van der Waals surface area (Å²) in [7, 11) is 0. The zero-order chi connectivity index (χ0) is 46.6. The second kappa shape index (κ2) is 19.1. The molecule has 9 aromatic rings. The van der Waals surface area contributed by atoms with E-state index in [1.54, 1.807) is 0 Å². The lowest BCUT2D eigenvalue weighted by atomic mass is 9.82. The van der Waals surface area contributed by atoms with E-state index in [2.05, 4.69) is 295 Å². The summed E-state index contributed by atoms with van der Waals surface area (Å²) >= 11 is 0. The van der Waals surface area contributed by atoms with Crippen molar-refractivity contribution >= 4 is 39.2 Å². The fraction of sp³-hybridized carbons (Fsp3) is 0.0588. The Hall–Kier alpha value is -8.72. The van der Waals surface area contributed by atoms with Crippen molar-refractivity contribution in [3.8, 4) is 44.5 Å². The molecule has 12 rings (SSSR count). The molecule has 9 aromatic carbocycles. The van der Waals surface area contributed by atoms with E-state index in [-0.39, 0.29) is 17.9 Å². The van der Waals surface area contributed by atoms with Crippen LogP contribution < -0.4 is 9.80 Å². The number of hydrogen-bond acceptors (Lipinski definition) is 2. The largest absolute Gasteiger partial charge is 0.334 e. The summed E-state index contributed by atoms with van der Waals surface area (Å²) in [5.41, 5.74) is 18.0. The molecule has 0 N–H and O–H groups in total. The summed E-state index contributed by atoms with van der Waals surface area (Å²) in [4.78, 5) is 4.95. The van der Waals surface area contributed by atoms with E-state index in [9.17, 15) is 0 Å². The first kappa shape index (κ1) is 42.6. The quantitative estimate of drug-likeness (QED) is 0.128. The van der Waals surface area contributed by atoms with Crippen molar-refractivity contribution in [1.29, 1.82) is 0 Å². The molecule has 2 heteroatoms. The average molecular weight is 897 g/mol. The van der Waals surface area contributed by atoms with Crippen LogP contribution in [0.4, 0.5) is 28.4 Å². The number of fused-ring (bicyclic) bond motifs is 2. The Balaban J connectivity index is 0.943. The summed E-state index contributed by atoms with van der Waals surface area (Å²) in [6, 6.07) is 80.1. The molecular weight excluding hydrogens is 845 g/mol. The highest BCUT2D eigenvalue weighted by molar-refractivity contribution is 6.00. The molecule has 0 aliphatic heterocycles. The smallest absolute Gasteiger partial charge is 0.0628 e. The van der Waals surface area contributed by atoms with Crippen LogP contribution in [0.5, 0.6) is 0 Å². The predicted octanol–water partition coefficient (Wildman–Crippen LogP) is 18.3. The van der Waals surface area contributed by atoms with Gasteiger partial charge in [0.25, 0.3) is 0 Å². The van der Waals surface area contributed by atoms with Gasteiger partial charge in [0.2, 0.25) is 0 Å². The fourth-order valence-corrected chi connectivity index (χ4v) is 10.7. The van der Waals surface area contributed by atoms with Crippen molar-refractivity contribution < 1.29 is 0 Å². The molecule has 0 radical (unpaired) electrons. The summed E-state index contributed by atoms with van der Waals surface area (Å²) < 4.78 is 0. The Bertz CT molecular complexity index is 3500. The van der Waals surface area contributed by atoms with Gasteiger partial charge in [0, 0.05) is 40.0 Å². The van der Waals surface area contributed by atoms with Gasteiger partial charge in [-0.25, -0.2) is 0 Å². The van der Waals surface area contributed by atoms with E-state index in [4.69, 9.17) is 0 Å². The van der Waals surface area contributed by atoms with Gasteiger partial charge in [-0.2, -0.15) is 0 Å². The molecular formula is C68H52N2. The Kier molecular flexibility index (Phi) is 11.6. The minimum absolute atomic E-state index is 0.0977. The molecule has 334 valence electrons. The molecule has 0 fully saturated rings. The number of allylic oxidation sites excluding steroid dienone is 9. The second-order valence-electron chi connectivity index (χ2n) is 18.4. The molecule has 3 atom stereocenters. The van der Waals surface area contributed by atoms with E-state index < -0.39 is 0 Å². The summed E-state index contributed by atoms with van der Waals surface area (Å²) in [6.07, 6.45) is 25.9. The van der Waals surface area contributed by atoms with Gasteiger partial charge in [-0.15, -0.1) is 0 Å². The molecule has 3 aliphatic rings. The lowest BCUT2D eigenvalue weighted by molar-refractivity contribution is 0.639. The van der Waals surface area contributed by atoms with Gasteiger partial charge in [0.1, 0.15) is 0 Å². The van der Waals surface area contributed by atoms with Crippen molar-refractivity contribution in [1.82, 2.24) is 0 Å².